The molecule has 142 valence electrons. The Morgan fingerprint density at radius 2 is 2.08 bits per heavy atom. The SMILES string of the molecule is CCn1nccc1C(=O)N1CCCN2C(=O)CN(CC(C)C)C(=O)C2C1. The molecule has 0 spiro atoms. The first-order chi connectivity index (χ1) is 12.4. The van der Waals surface area contributed by atoms with Gasteiger partial charge >= 0.3 is 0 Å². The second kappa shape index (κ2) is 7.47. The normalized spacial score (nSPS) is 21.2. The summed E-state index contributed by atoms with van der Waals surface area (Å²) in [6.45, 7) is 8.59. The van der Waals surface area contributed by atoms with E-state index in [2.05, 4.69) is 5.10 Å². The first kappa shape index (κ1) is 18.4. The van der Waals surface area contributed by atoms with E-state index in [4.69, 9.17) is 0 Å². The molecule has 0 bridgehead atoms. The molecular weight excluding hydrogens is 334 g/mol. The molecule has 0 aromatic carbocycles. The number of nitrogens with zero attached hydrogens (tertiary/aromatic N) is 5. The molecule has 1 aromatic heterocycles. The number of aryl methyl sites for hydroxylation is 1. The average Bonchev–Trinajstić information content (AvgIpc) is 2.96. The van der Waals surface area contributed by atoms with Crippen LogP contribution in [0.5, 0.6) is 0 Å². The van der Waals surface area contributed by atoms with Crippen LogP contribution in [0.2, 0.25) is 0 Å². The van der Waals surface area contributed by atoms with E-state index in [1.807, 2.05) is 20.8 Å². The third-order valence-corrected chi connectivity index (χ3v) is 4.95. The van der Waals surface area contributed by atoms with E-state index >= 15 is 0 Å². The molecule has 1 unspecified atom stereocenters. The predicted molar refractivity (Wildman–Crippen MR) is 95.3 cm³/mol. The van der Waals surface area contributed by atoms with Gasteiger partial charge in [0.15, 0.2) is 0 Å². The lowest BCUT2D eigenvalue weighted by atomic mass is 10.1. The Morgan fingerprint density at radius 3 is 2.77 bits per heavy atom. The van der Waals surface area contributed by atoms with Crippen molar-refractivity contribution in [2.75, 3.05) is 32.7 Å². The Bertz CT molecular complexity index is 699. The van der Waals surface area contributed by atoms with Gasteiger partial charge in [0, 0.05) is 32.4 Å². The van der Waals surface area contributed by atoms with E-state index in [0.717, 1.165) is 0 Å². The van der Waals surface area contributed by atoms with E-state index in [-0.39, 0.29) is 30.8 Å². The molecule has 8 heteroatoms. The maximum atomic E-state index is 13.0. The quantitative estimate of drug-likeness (QED) is 0.780. The Hall–Kier alpha value is -2.38. The second-order valence-electron chi connectivity index (χ2n) is 7.35. The lowest BCUT2D eigenvalue weighted by Crippen LogP contribution is -2.62. The van der Waals surface area contributed by atoms with E-state index in [9.17, 15) is 14.4 Å². The fourth-order valence-corrected chi connectivity index (χ4v) is 3.75. The minimum Gasteiger partial charge on any atom is -0.335 e. The van der Waals surface area contributed by atoms with Crippen LogP contribution in [-0.4, -0.2) is 81.0 Å². The summed E-state index contributed by atoms with van der Waals surface area (Å²) >= 11 is 0. The third-order valence-electron chi connectivity index (χ3n) is 4.95. The Morgan fingerprint density at radius 1 is 1.31 bits per heavy atom. The number of carbonyl (C=O) groups excluding carboxylic acids is 3. The van der Waals surface area contributed by atoms with Crippen LogP contribution in [0.3, 0.4) is 0 Å². The van der Waals surface area contributed by atoms with Gasteiger partial charge < -0.3 is 14.7 Å². The van der Waals surface area contributed by atoms with Crippen LogP contribution in [-0.2, 0) is 16.1 Å². The summed E-state index contributed by atoms with van der Waals surface area (Å²) in [4.78, 5) is 43.4. The van der Waals surface area contributed by atoms with Crippen molar-refractivity contribution in [1.82, 2.24) is 24.5 Å². The lowest BCUT2D eigenvalue weighted by molar-refractivity contribution is -0.156. The zero-order valence-corrected chi connectivity index (χ0v) is 15.7. The highest BCUT2D eigenvalue weighted by Crippen LogP contribution is 2.20. The highest BCUT2D eigenvalue weighted by Gasteiger charge is 2.42. The van der Waals surface area contributed by atoms with Crippen molar-refractivity contribution in [3.63, 3.8) is 0 Å². The molecule has 26 heavy (non-hydrogen) atoms. The number of amides is 3. The highest BCUT2D eigenvalue weighted by molar-refractivity contribution is 5.97. The van der Waals surface area contributed by atoms with Gasteiger partial charge in [-0.3, -0.25) is 19.1 Å². The van der Waals surface area contributed by atoms with Crippen LogP contribution in [0, 0.1) is 5.92 Å². The topological polar surface area (TPSA) is 78.8 Å². The van der Waals surface area contributed by atoms with Crippen molar-refractivity contribution in [2.24, 2.45) is 5.92 Å². The average molecular weight is 361 g/mol. The molecule has 0 N–H and O–H groups in total. The van der Waals surface area contributed by atoms with Gasteiger partial charge in [0.2, 0.25) is 11.8 Å². The van der Waals surface area contributed by atoms with Gasteiger partial charge in [0.1, 0.15) is 11.7 Å². The summed E-state index contributed by atoms with van der Waals surface area (Å²) in [6, 6.07) is 1.12. The Labute approximate surface area is 153 Å². The van der Waals surface area contributed by atoms with Crippen molar-refractivity contribution in [1.29, 1.82) is 0 Å². The van der Waals surface area contributed by atoms with Gasteiger partial charge in [-0.1, -0.05) is 13.8 Å². The zero-order valence-electron chi connectivity index (χ0n) is 15.7. The van der Waals surface area contributed by atoms with Gasteiger partial charge in [-0.05, 0) is 25.3 Å². The van der Waals surface area contributed by atoms with Gasteiger partial charge in [-0.15, -0.1) is 0 Å². The second-order valence-corrected chi connectivity index (χ2v) is 7.35. The first-order valence-electron chi connectivity index (χ1n) is 9.31. The number of rotatable bonds is 4. The highest BCUT2D eigenvalue weighted by atomic mass is 16.2. The minimum atomic E-state index is -0.584. The molecule has 2 aliphatic heterocycles. The number of aromatic nitrogens is 2. The number of hydrogen-bond acceptors (Lipinski definition) is 4. The van der Waals surface area contributed by atoms with Crippen LogP contribution in [0.25, 0.3) is 0 Å². The maximum absolute atomic E-state index is 13.0. The van der Waals surface area contributed by atoms with Crippen molar-refractivity contribution in [3.05, 3.63) is 18.0 Å². The summed E-state index contributed by atoms with van der Waals surface area (Å²) in [5.74, 6) is 0.0818. The number of hydrogen-bond donors (Lipinski definition) is 0. The molecule has 1 atom stereocenters. The molecule has 0 saturated carbocycles. The van der Waals surface area contributed by atoms with Crippen LogP contribution in [0.1, 0.15) is 37.7 Å². The molecule has 3 heterocycles. The molecular formula is C18H27N5O3. The zero-order chi connectivity index (χ0) is 18.8. The van der Waals surface area contributed by atoms with Gasteiger partial charge in [-0.25, -0.2) is 0 Å². The van der Waals surface area contributed by atoms with E-state index < -0.39 is 6.04 Å². The molecule has 0 aliphatic carbocycles. The summed E-state index contributed by atoms with van der Waals surface area (Å²) < 4.78 is 1.66. The lowest BCUT2D eigenvalue weighted by Gasteiger charge is -2.40. The Balaban J connectivity index is 1.81. The van der Waals surface area contributed by atoms with Crippen molar-refractivity contribution in [2.45, 2.75) is 39.8 Å². The standard InChI is InChI=1S/C18H27N5O3/c1-4-23-14(6-7-19-23)17(25)20-8-5-9-22-15(11-20)18(26)21(10-13(2)3)12-16(22)24/h6-7,13,15H,4-5,8-12H2,1-3H3. The van der Waals surface area contributed by atoms with Crippen LogP contribution < -0.4 is 0 Å². The maximum Gasteiger partial charge on any atom is 0.272 e. The molecule has 3 amide bonds. The van der Waals surface area contributed by atoms with Crippen molar-refractivity contribution >= 4 is 17.7 Å². The number of piperazine rings is 1. The van der Waals surface area contributed by atoms with Gasteiger partial charge in [0.05, 0.1) is 13.1 Å². The molecule has 0 radical (unpaired) electrons. The fourth-order valence-electron chi connectivity index (χ4n) is 3.75. The summed E-state index contributed by atoms with van der Waals surface area (Å²) in [5.41, 5.74) is 0.523. The van der Waals surface area contributed by atoms with Crippen molar-refractivity contribution in [3.8, 4) is 0 Å². The van der Waals surface area contributed by atoms with Crippen molar-refractivity contribution < 1.29 is 14.4 Å². The van der Waals surface area contributed by atoms with E-state index in [0.29, 0.717) is 44.2 Å². The van der Waals surface area contributed by atoms with E-state index in [1.54, 1.807) is 31.6 Å². The molecule has 2 saturated heterocycles. The smallest absolute Gasteiger partial charge is 0.272 e. The van der Waals surface area contributed by atoms with Crippen LogP contribution in [0.15, 0.2) is 12.3 Å². The summed E-state index contributed by atoms with van der Waals surface area (Å²) in [5, 5.41) is 4.16. The Kier molecular flexibility index (Phi) is 5.29. The third kappa shape index (κ3) is 3.45. The molecule has 2 fully saturated rings. The summed E-state index contributed by atoms with van der Waals surface area (Å²) in [7, 11) is 0. The first-order valence-corrected chi connectivity index (χ1v) is 9.31. The predicted octanol–water partition coefficient (Wildman–Crippen LogP) is 0.444. The molecule has 3 rings (SSSR count). The monoisotopic (exact) mass is 361 g/mol. The van der Waals surface area contributed by atoms with Crippen LogP contribution in [0.4, 0.5) is 0 Å². The van der Waals surface area contributed by atoms with E-state index in [1.165, 1.54) is 0 Å². The minimum absolute atomic E-state index is 0.0249. The van der Waals surface area contributed by atoms with Gasteiger partial charge in [-0.2, -0.15) is 5.10 Å². The molecule has 8 nitrogen and oxygen atoms in total. The number of carbonyl (C=O) groups is 3. The molecule has 1 aromatic rings. The summed E-state index contributed by atoms with van der Waals surface area (Å²) in [6.07, 6.45) is 2.28. The van der Waals surface area contributed by atoms with Gasteiger partial charge in [0.25, 0.3) is 5.91 Å². The number of fused-ring (bicyclic) bond motifs is 1. The fraction of sp³-hybridized carbons (Fsp3) is 0.667. The molecule has 2 aliphatic rings. The van der Waals surface area contributed by atoms with Crippen LogP contribution >= 0.6 is 0 Å². The largest absolute Gasteiger partial charge is 0.335 e.